The smallest absolute Gasteiger partial charge is 0.254 e. The standard InChI is InChI=1S/C28H26N4O3/c33-27(21-9-5-2-6-10-21)31-15-13-30(14-16-31)23-18-32(19-23)28(34)22-11-12-24-25(17-22)35-26(29-24)20-7-3-1-4-8-20/h1-12,17,23H,13-16,18-19H2. The summed E-state index contributed by atoms with van der Waals surface area (Å²) in [6.07, 6.45) is 0. The first-order chi connectivity index (χ1) is 17.2. The van der Waals surface area contributed by atoms with Crippen molar-refractivity contribution in [2.75, 3.05) is 39.3 Å². The summed E-state index contributed by atoms with van der Waals surface area (Å²) in [6, 6.07) is 25.0. The molecule has 4 aromatic rings. The molecule has 176 valence electrons. The van der Waals surface area contributed by atoms with Crippen LogP contribution in [0.5, 0.6) is 0 Å². The fourth-order valence-corrected chi connectivity index (χ4v) is 4.85. The van der Waals surface area contributed by atoms with Gasteiger partial charge in [0.05, 0.1) is 0 Å². The van der Waals surface area contributed by atoms with Gasteiger partial charge in [-0.05, 0) is 42.5 Å². The van der Waals surface area contributed by atoms with E-state index in [4.69, 9.17) is 4.42 Å². The lowest BCUT2D eigenvalue weighted by Gasteiger charge is -2.48. The van der Waals surface area contributed by atoms with Crippen LogP contribution in [0.15, 0.2) is 83.3 Å². The fraction of sp³-hybridized carbons (Fsp3) is 0.250. The molecular weight excluding hydrogens is 440 g/mol. The number of carbonyl (C=O) groups excluding carboxylic acids is 2. The van der Waals surface area contributed by atoms with Gasteiger partial charge < -0.3 is 14.2 Å². The van der Waals surface area contributed by atoms with Crippen LogP contribution >= 0.6 is 0 Å². The summed E-state index contributed by atoms with van der Waals surface area (Å²) in [5.74, 6) is 0.659. The molecule has 0 atom stereocenters. The number of carbonyl (C=O) groups is 2. The molecular formula is C28H26N4O3. The lowest BCUT2D eigenvalue weighted by molar-refractivity contribution is 0.00854. The predicted octanol–water partition coefficient (Wildman–Crippen LogP) is 3.78. The van der Waals surface area contributed by atoms with Crippen LogP contribution in [0.25, 0.3) is 22.6 Å². The van der Waals surface area contributed by atoms with Crippen molar-refractivity contribution in [3.63, 3.8) is 0 Å². The molecule has 2 fully saturated rings. The molecule has 2 aliphatic rings. The monoisotopic (exact) mass is 466 g/mol. The Morgan fingerprint density at radius 1 is 0.743 bits per heavy atom. The average molecular weight is 467 g/mol. The van der Waals surface area contributed by atoms with Gasteiger partial charge in [0.15, 0.2) is 5.58 Å². The Balaban J connectivity index is 1.05. The van der Waals surface area contributed by atoms with Crippen molar-refractivity contribution >= 4 is 22.9 Å². The van der Waals surface area contributed by atoms with Crippen molar-refractivity contribution in [2.24, 2.45) is 0 Å². The molecule has 7 nitrogen and oxygen atoms in total. The van der Waals surface area contributed by atoms with Gasteiger partial charge in [0.1, 0.15) is 5.52 Å². The number of fused-ring (bicyclic) bond motifs is 1. The normalized spacial score (nSPS) is 16.9. The maximum Gasteiger partial charge on any atom is 0.254 e. The van der Waals surface area contributed by atoms with Crippen LogP contribution in [-0.2, 0) is 0 Å². The van der Waals surface area contributed by atoms with E-state index in [1.165, 1.54) is 0 Å². The molecule has 35 heavy (non-hydrogen) atoms. The van der Waals surface area contributed by atoms with Crippen LogP contribution in [0.1, 0.15) is 20.7 Å². The molecule has 2 amide bonds. The highest BCUT2D eigenvalue weighted by Crippen LogP contribution is 2.26. The van der Waals surface area contributed by atoms with E-state index >= 15 is 0 Å². The van der Waals surface area contributed by atoms with Crippen LogP contribution in [0.2, 0.25) is 0 Å². The first-order valence-electron chi connectivity index (χ1n) is 12.0. The second-order valence-electron chi connectivity index (χ2n) is 9.13. The van der Waals surface area contributed by atoms with E-state index < -0.39 is 0 Å². The Morgan fingerprint density at radius 3 is 2.11 bits per heavy atom. The van der Waals surface area contributed by atoms with Crippen LogP contribution in [0, 0.1) is 0 Å². The molecule has 2 aliphatic heterocycles. The van der Waals surface area contributed by atoms with Gasteiger partial charge in [0.25, 0.3) is 11.8 Å². The molecule has 3 aromatic carbocycles. The molecule has 2 saturated heterocycles. The summed E-state index contributed by atoms with van der Waals surface area (Å²) >= 11 is 0. The highest BCUT2D eigenvalue weighted by atomic mass is 16.3. The molecule has 0 saturated carbocycles. The van der Waals surface area contributed by atoms with Gasteiger partial charge >= 0.3 is 0 Å². The first kappa shape index (κ1) is 21.6. The molecule has 0 spiro atoms. The number of piperazine rings is 1. The summed E-state index contributed by atoms with van der Waals surface area (Å²) in [5, 5.41) is 0. The van der Waals surface area contributed by atoms with Gasteiger partial charge in [-0.2, -0.15) is 0 Å². The molecule has 6 rings (SSSR count). The lowest BCUT2D eigenvalue weighted by atomic mass is 10.0. The van der Waals surface area contributed by atoms with Crippen molar-refractivity contribution < 1.29 is 14.0 Å². The maximum atomic E-state index is 13.1. The van der Waals surface area contributed by atoms with Gasteiger partial charge in [0, 0.05) is 62.0 Å². The quantitative estimate of drug-likeness (QED) is 0.458. The highest BCUT2D eigenvalue weighted by Gasteiger charge is 2.37. The zero-order chi connectivity index (χ0) is 23.8. The first-order valence-corrected chi connectivity index (χ1v) is 12.0. The van der Waals surface area contributed by atoms with E-state index in [1.807, 2.05) is 82.6 Å². The second kappa shape index (κ2) is 9.00. The highest BCUT2D eigenvalue weighted by molar-refractivity contribution is 5.98. The van der Waals surface area contributed by atoms with Crippen LogP contribution < -0.4 is 0 Å². The number of rotatable bonds is 4. The molecule has 3 heterocycles. The summed E-state index contributed by atoms with van der Waals surface area (Å²) in [6.45, 7) is 4.49. The zero-order valence-corrected chi connectivity index (χ0v) is 19.3. The second-order valence-corrected chi connectivity index (χ2v) is 9.13. The average Bonchev–Trinajstić information content (AvgIpc) is 3.32. The number of hydrogen-bond donors (Lipinski definition) is 0. The third-order valence-electron chi connectivity index (χ3n) is 6.94. The molecule has 1 aromatic heterocycles. The van der Waals surface area contributed by atoms with Gasteiger partial charge in [0.2, 0.25) is 5.89 Å². The number of hydrogen-bond acceptors (Lipinski definition) is 5. The lowest BCUT2D eigenvalue weighted by Crippen LogP contribution is -2.64. The minimum atomic E-state index is 0.0127. The molecule has 7 heteroatoms. The Labute approximate surface area is 203 Å². The van der Waals surface area contributed by atoms with E-state index in [0.29, 0.717) is 49.3 Å². The van der Waals surface area contributed by atoms with Gasteiger partial charge in [-0.15, -0.1) is 0 Å². The molecule has 0 aliphatic carbocycles. The van der Waals surface area contributed by atoms with Crippen LogP contribution in [0.4, 0.5) is 0 Å². The summed E-state index contributed by atoms with van der Waals surface area (Å²) in [7, 11) is 0. The third-order valence-corrected chi connectivity index (χ3v) is 6.94. The number of likely N-dealkylation sites (tertiary alicyclic amines) is 1. The van der Waals surface area contributed by atoms with Gasteiger partial charge in [-0.1, -0.05) is 36.4 Å². The van der Waals surface area contributed by atoms with Crippen molar-refractivity contribution in [2.45, 2.75) is 6.04 Å². The van der Waals surface area contributed by atoms with Crippen molar-refractivity contribution in [3.8, 4) is 11.5 Å². The van der Waals surface area contributed by atoms with Crippen molar-refractivity contribution in [3.05, 3.63) is 90.0 Å². The summed E-state index contributed by atoms with van der Waals surface area (Å²) < 4.78 is 5.93. The molecule has 0 unspecified atom stereocenters. The topological polar surface area (TPSA) is 69.9 Å². The Morgan fingerprint density at radius 2 is 1.40 bits per heavy atom. The van der Waals surface area contributed by atoms with E-state index in [9.17, 15) is 9.59 Å². The number of amides is 2. The zero-order valence-electron chi connectivity index (χ0n) is 19.3. The molecule has 0 radical (unpaired) electrons. The fourth-order valence-electron chi connectivity index (χ4n) is 4.85. The van der Waals surface area contributed by atoms with Gasteiger partial charge in [-0.25, -0.2) is 4.98 Å². The Kier molecular flexibility index (Phi) is 5.54. The minimum Gasteiger partial charge on any atom is -0.436 e. The summed E-state index contributed by atoms with van der Waals surface area (Å²) in [5.41, 5.74) is 3.62. The largest absolute Gasteiger partial charge is 0.436 e. The predicted molar refractivity (Wildman–Crippen MR) is 133 cm³/mol. The SMILES string of the molecule is O=C(c1ccccc1)N1CCN(C2CN(C(=O)c3ccc4nc(-c5ccccc5)oc4c3)C2)CC1. The van der Waals surface area contributed by atoms with E-state index in [1.54, 1.807) is 6.07 Å². The third kappa shape index (κ3) is 4.19. The van der Waals surface area contributed by atoms with E-state index in [-0.39, 0.29) is 11.8 Å². The Bertz CT molecular complexity index is 1360. The molecule has 0 bridgehead atoms. The Hall–Kier alpha value is -3.97. The van der Waals surface area contributed by atoms with Gasteiger partial charge in [-0.3, -0.25) is 14.5 Å². The molecule has 0 N–H and O–H groups in total. The van der Waals surface area contributed by atoms with E-state index in [2.05, 4.69) is 9.88 Å². The minimum absolute atomic E-state index is 0.0127. The van der Waals surface area contributed by atoms with E-state index in [0.717, 1.165) is 29.7 Å². The van der Waals surface area contributed by atoms with Crippen LogP contribution in [0.3, 0.4) is 0 Å². The maximum absolute atomic E-state index is 13.1. The van der Waals surface area contributed by atoms with Crippen molar-refractivity contribution in [1.29, 1.82) is 0 Å². The van der Waals surface area contributed by atoms with Crippen molar-refractivity contribution in [1.82, 2.24) is 19.7 Å². The summed E-state index contributed by atoms with van der Waals surface area (Å²) in [4.78, 5) is 36.5. The van der Waals surface area contributed by atoms with Crippen LogP contribution in [-0.4, -0.2) is 76.8 Å². The number of nitrogens with zero attached hydrogens (tertiary/aromatic N) is 4. The number of aromatic nitrogens is 1. The number of benzene rings is 3. The number of oxazole rings is 1.